The van der Waals surface area contributed by atoms with Gasteiger partial charge in [-0.05, 0) is 46.5 Å². The van der Waals surface area contributed by atoms with E-state index in [1.807, 2.05) is 0 Å². The van der Waals surface area contributed by atoms with E-state index in [1.165, 1.54) is 4.90 Å². The van der Waals surface area contributed by atoms with E-state index in [-0.39, 0.29) is 6.04 Å². The molecule has 0 saturated heterocycles. The van der Waals surface area contributed by atoms with Crippen molar-refractivity contribution in [3.8, 4) is 0 Å². The van der Waals surface area contributed by atoms with Crippen molar-refractivity contribution in [2.24, 2.45) is 5.73 Å². The van der Waals surface area contributed by atoms with Crippen molar-refractivity contribution in [1.29, 1.82) is 0 Å². The summed E-state index contributed by atoms with van der Waals surface area (Å²) >= 11 is 3.33. The van der Waals surface area contributed by atoms with Gasteiger partial charge in [0.25, 0.3) is 0 Å². The Balaban J connectivity index is 2.25. The zero-order valence-corrected chi connectivity index (χ0v) is 11.3. The summed E-state index contributed by atoms with van der Waals surface area (Å²) in [7, 11) is 0. The number of hydrogen-bond donors (Lipinski definition) is 1. The Kier molecular flexibility index (Phi) is 3.87. The predicted molar refractivity (Wildman–Crippen MR) is 68.5 cm³/mol. The van der Waals surface area contributed by atoms with E-state index in [1.54, 1.807) is 18.2 Å². The van der Waals surface area contributed by atoms with Crippen LogP contribution in [0.3, 0.4) is 0 Å². The molecule has 2 N–H and O–H groups in total. The van der Waals surface area contributed by atoms with Gasteiger partial charge in [-0.1, -0.05) is 6.07 Å². The Labute approximate surface area is 112 Å². The first-order chi connectivity index (χ1) is 8.40. The van der Waals surface area contributed by atoms with Crippen molar-refractivity contribution < 1.29 is 13.2 Å². The SMILES string of the molecule is NCc1ccc(N(CC(F)(F)F)C2CC2)c(Br)c1. The first-order valence-corrected chi connectivity index (χ1v) is 6.52. The van der Waals surface area contributed by atoms with Crippen LogP contribution in [0.15, 0.2) is 22.7 Å². The van der Waals surface area contributed by atoms with Gasteiger partial charge in [-0.3, -0.25) is 0 Å². The monoisotopic (exact) mass is 322 g/mol. The number of rotatable bonds is 4. The molecule has 1 aromatic rings. The Hall–Kier alpha value is -0.750. The van der Waals surface area contributed by atoms with Crippen LogP contribution in [0.4, 0.5) is 18.9 Å². The molecule has 2 nitrogen and oxygen atoms in total. The quantitative estimate of drug-likeness (QED) is 0.920. The van der Waals surface area contributed by atoms with Gasteiger partial charge < -0.3 is 10.6 Å². The summed E-state index contributed by atoms with van der Waals surface area (Å²) in [5.41, 5.74) is 6.99. The van der Waals surface area contributed by atoms with E-state index >= 15 is 0 Å². The lowest BCUT2D eigenvalue weighted by molar-refractivity contribution is -0.120. The van der Waals surface area contributed by atoms with E-state index in [0.717, 1.165) is 18.4 Å². The average Bonchev–Trinajstić information content (AvgIpc) is 3.08. The van der Waals surface area contributed by atoms with Gasteiger partial charge in [0.2, 0.25) is 0 Å². The van der Waals surface area contributed by atoms with Crippen molar-refractivity contribution in [2.45, 2.75) is 31.6 Å². The molecule has 1 fully saturated rings. The number of halogens is 4. The fourth-order valence-electron chi connectivity index (χ4n) is 1.90. The van der Waals surface area contributed by atoms with Gasteiger partial charge >= 0.3 is 6.18 Å². The third-order valence-corrected chi connectivity index (χ3v) is 3.53. The molecule has 1 saturated carbocycles. The van der Waals surface area contributed by atoms with Crippen LogP contribution >= 0.6 is 15.9 Å². The van der Waals surface area contributed by atoms with Gasteiger partial charge in [0.1, 0.15) is 6.54 Å². The van der Waals surface area contributed by atoms with Gasteiger partial charge in [0.05, 0.1) is 5.69 Å². The Morgan fingerprint density at radius 2 is 2.00 bits per heavy atom. The highest BCUT2D eigenvalue weighted by Gasteiger charge is 2.38. The minimum absolute atomic E-state index is 0.00616. The Bertz CT molecular complexity index is 430. The van der Waals surface area contributed by atoms with Crippen LogP contribution in [0.1, 0.15) is 18.4 Å². The summed E-state index contributed by atoms with van der Waals surface area (Å²) < 4.78 is 38.4. The van der Waals surface area contributed by atoms with E-state index in [0.29, 0.717) is 16.7 Å². The van der Waals surface area contributed by atoms with Crippen LogP contribution in [0.2, 0.25) is 0 Å². The highest BCUT2D eigenvalue weighted by atomic mass is 79.9. The van der Waals surface area contributed by atoms with E-state index in [9.17, 15) is 13.2 Å². The fraction of sp³-hybridized carbons (Fsp3) is 0.500. The third kappa shape index (κ3) is 3.38. The average molecular weight is 323 g/mol. The van der Waals surface area contributed by atoms with E-state index < -0.39 is 12.7 Å². The second-order valence-corrected chi connectivity index (χ2v) is 5.32. The van der Waals surface area contributed by atoms with Crippen molar-refractivity contribution in [3.05, 3.63) is 28.2 Å². The summed E-state index contributed by atoms with van der Waals surface area (Å²) in [5.74, 6) is 0. The summed E-state index contributed by atoms with van der Waals surface area (Å²) in [4.78, 5) is 1.42. The molecule has 1 aromatic carbocycles. The molecule has 2 rings (SSSR count). The van der Waals surface area contributed by atoms with Crippen molar-refractivity contribution in [2.75, 3.05) is 11.4 Å². The molecule has 100 valence electrons. The zero-order chi connectivity index (χ0) is 13.3. The van der Waals surface area contributed by atoms with Gasteiger partial charge in [-0.2, -0.15) is 13.2 Å². The summed E-state index contributed by atoms with van der Waals surface area (Å²) in [6.07, 6.45) is -2.54. The number of hydrogen-bond acceptors (Lipinski definition) is 2. The zero-order valence-electron chi connectivity index (χ0n) is 9.67. The molecule has 0 atom stereocenters. The van der Waals surface area contributed by atoms with Gasteiger partial charge in [0, 0.05) is 17.1 Å². The predicted octanol–water partition coefficient (Wildman–Crippen LogP) is 3.44. The van der Waals surface area contributed by atoms with Gasteiger partial charge in [-0.15, -0.1) is 0 Å². The van der Waals surface area contributed by atoms with E-state index in [4.69, 9.17) is 5.73 Å². The first-order valence-electron chi connectivity index (χ1n) is 5.72. The minimum atomic E-state index is -4.19. The second-order valence-electron chi connectivity index (χ2n) is 4.46. The second kappa shape index (κ2) is 5.09. The summed E-state index contributed by atoms with van der Waals surface area (Å²) in [5, 5.41) is 0. The maximum atomic E-state index is 12.6. The largest absolute Gasteiger partial charge is 0.405 e. The molecule has 0 bridgehead atoms. The normalized spacial score (nSPS) is 15.8. The van der Waals surface area contributed by atoms with Crippen molar-refractivity contribution >= 4 is 21.6 Å². The molecule has 1 aliphatic carbocycles. The molecule has 0 heterocycles. The summed E-state index contributed by atoms with van der Waals surface area (Å²) in [6, 6.07) is 5.26. The van der Waals surface area contributed by atoms with Crippen molar-refractivity contribution in [3.63, 3.8) is 0 Å². The summed E-state index contributed by atoms with van der Waals surface area (Å²) in [6.45, 7) is -0.528. The Morgan fingerprint density at radius 1 is 1.33 bits per heavy atom. The molecule has 0 unspecified atom stereocenters. The lowest BCUT2D eigenvalue weighted by Gasteiger charge is -2.27. The maximum Gasteiger partial charge on any atom is 0.405 e. The smallest absolute Gasteiger partial charge is 0.359 e. The third-order valence-electron chi connectivity index (χ3n) is 2.89. The van der Waals surface area contributed by atoms with Gasteiger partial charge in [-0.25, -0.2) is 0 Å². The lowest BCUT2D eigenvalue weighted by atomic mass is 10.2. The van der Waals surface area contributed by atoms with Gasteiger partial charge in [0.15, 0.2) is 0 Å². The van der Waals surface area contributed by atoms with E-state index in [2.05, 4.69) is 15.9 Å². The van der Waals surface area contributed by atoms with Crippen LogP contribution in [-0.2, 0) is 6.54 Å². The number of nitrogens with two attached hydrogens (primary N) is 1. The minimum Gasteiger partial charge on any atom is -0.359 e. The van der Waals surface area contributed by atoms with Crippen LogP contribution < -0.4 is 10.6 Å². The van der Waals surface area contributed by atoms with Crippen LogP contribution in [0.25, 0.3) is 0 Å². The molecule has 0 aromatic heterocycles. The number of benzene rings is 1. The molecule has 0 aliphatic heterocycles. The van der Waals surface area contributed by atoms with Crippen LogP contribution in [0, 0.1) is 0 Å². The first kappa shape index (κ1) is 13.7. The highest BCUT2D eigenvalue weighted by molar-refractivity contribution is 9.10. The lowest BCUT2D eigenvalue weighted by Crippen LogP contribution is -2.36. The molecule has 1 aliphatic rings. The Morgan fingerprint density at radius 3 is 2.44 bits per heavy atom. The molecule has 0 amide bonds. The topological polar surface area (TPSA) is 29.3 Å². The molecule has 6 heteroatoms. The molecular weight excluding hydrogens is 309 g/mol. The molecular formula is C12H14BrF3N2. The van der Waals surface area contributed by atoms with Crippen molar-refractivity contribution in [1.82, 2.24) is 0 Å². The fourth-order valence-corrected chi connectivity index (χ4v) is 2.55. The molecule has 18 heavy (non-hydrogen) atoms. The maximum absolute atomic E-state index is 12.6. The number of anilines is 1. The van der Waals surface area contributed by atoms with Crippen LogP contribution in [0.5, 0.6) is 0 Å². The standard InChI is InChI=1S/C12H14BrF3N2/c13-10-5-8(6-17)1-4-11(10)18(9-2-3-9)7-12(14,15)16/h1,4-5,9H,2-3,6-7,17H2. The highest BCUT2D eigenvalue weighted by Crippen LogP contribution is 2.38. The number of nitrogens with zero attached hydrogens (tertiary/aromatic N) is 1. The number of alkyl halides is 3. The molecule has 0 radical (unpaired) electrons. The van der Waals surface area contributed by atoms with Crippen LogP contribution in [-0.4, -0.2) is 18.8 Å². The molecule has 0 spiro atoms.